The highest BCUT2D eigenvalue weighted by Gasteiger charge is 2.18. The van der Waals surface area contributed by atoms with Gasteiger partial charge in [-0.3, -0.25) is 0 Å². The van der Waals surface area contributed by atoms with E-state index in [1.165, 1.54) is 16.6 Å². The first kappa shape index (κ1) is 9.73. The number of nitrogens with zero attached hydrogens (tertiary/aromatic N) is 1. The number of aromatic nitrogens is 1. The van der Waals surface area contributed by atoms with Gasteiger partial charge >= 0.3 is 0 Å². The number of rotatable bonds is 0. The van der Waals surface area contributed by atoms with E-state index in [1.807, 2.05) is 13.1 Å². The Morgan fingerprint density at radius 1 is 1.25 bits per heavy atom. The second-order valence-corrected chi connectivity index (χ2v) is 4.41. The van der Waals surface area contributed by atoms with Gasteiger partial charge in [-0.1, -0.05) is 12.1 Å². The van der Waals surface area contributed by atoms with Crippen LogP contribution in [0.2, 0.25) is 0 Å². The van der Waals surface area contributed by atoms with Gasteiger partial charge in [-0.05, 0) is 24.6 Å². The molecule has 1 aliphatic rings. The van der Waals surface area contributed by atoms with Crippen LogP contribution in [-0.4, -0.2) is 22.8 Å². The van der Waals surface area contributed by atoms with Crippen LogP contribution in [0.5, 0.6) is 5.75 Å². The summed E-state index contributed by atoms with van der Waals surface area (Å²) < 4.78 is 2.15. The van der Waals surface area contributed by atoms with E-state index in [-0.39, 0.29) is 0 Å². The Morgan fingerprint density at radius 2 is 2.06 bits per heavy atom. The number of benzene rings is 1. The first-order valence-corrected chi connectivity index (χ1v) is 5.78. The molecule has 84 valence electrons. The number of phenols is 1. The zero-order valence-corrected chi connectivity index (χ0v) is 9.45. The van der Waals surface area contributed by atoms with E-state index in [0.717, 1.165) is 31.4 Å². The summed E-state index contributed by atoms with van der Waals surface area (Å²) >= 11 is 0. The standard InChI is InChI=1S/C13H16N2O/c1-15-11-6-8-14-7-5-9(11)10-3-2-4-12(16)13(10)15/h2-4,14,16H,5-8H2,1H3. The predicted molar refractivity (Wildman–Crippen MR) is 64.9 cm³/mol. The topological polar surface area (TPSA) is 37.2 Å². The summed E-state index contributed by atoms with van der Waals surface area (Å²) in [5.74, 6) is 0.390. The van der Waals surface area contributed by atoms with Gasteiger partial charge in [-0.15, -0.1) is 0 Å². The monoisotopic (exact) mass is 216 g/mol. The van der Waals surface area contributed by atoms with Gasteiger partial charge in [0.15, 0.2) is 0 Å². The highest BCUT2D eigenvalue weighted by Crippen LogP contribution is 2.32. The van der Waals surface area contributed by atoms with Gasteiger partial charge in [-0.25, -0.2) is 0 Å². The van der Waals surface area contributed by atoms with Crippen molar-refractivity contribution in [3.8, 4) is 5.75 Å². The molecule has 0 saturated carbocycles. The molecule has 0 amide bonds. The van der Waals surface area contributed by atoms with Crippen molar-refractivity contribution >= 4 is 10.9 Å². The second kappa shape index (κ2) is 3.52. The molecule has 2 N–H and O–H groups in total. The van der Waals surface area contributed by atoms with Crippen LogP contribution in [0, 0.1) is 0 Å². The normalized spacial score (nSPS) is 16.1. The zero-order valence-electron chi connectivity index (χ0n) is 9.45. The molecule has 3 nitrogen and oxygen atoms in total. The van der Waals surface area contributed by atoms with Gasteiger partial charge in [0.2, 0.25) is 0 Å². The zero-order chi connectivity index (χ0) is 11.1. The van der Waals surface area contributed by atoms with Gasteiger partial charge in [0.25, 0.3) is 0 Å². The third-order valence-corrected chi connectivity index (χ3v) is 3.52. The van der Waals surface area contributed by atoms with Crippen LogP contribution in [0.4, 0.5) is 0 Å². The molecule has 2 heterocycles. The molecule has 0 unspecified atom stereocenters. The molecule has 1 aromatic heterocycles. The smallest absolute Gasteiger partial charge is 0.139 e. The molecule has 16 heavy (non-hydrogen) atoms. The van der Waals surface area contributed by atoms with E-state index in [0.29, 0.717) is 5.75 Å². The quantitative estimate of drug-likeness (QED) is 0.701. The molecule has 0 fully saturated rings. The van der Waals surface area contributed by atoms with E-state index < -0.39 is 0 Å². The second-order valence-electron chi connectivity index (χ2n) is 4.41. The maximum absolute atomic E-state index is 9.94. The highest BCUT2D eigenvalue weighted by molar-refractivity contribution is 5.90. The Morgan fingerprint density at radius 3 is 2.94 bits per heavy atom. The number of fused-ring (bicyclic) bond motifs is 3. The van der Waals surface area contributed by atoms with Crippen molar-refractivity contribution in [1.29, 1.82) is 0 Å². The maximum Gasteiger partial charge on any atom is 0.139 e. The molecule has 0 spiro atoms. The fourth-order valence-electron chi connectivity index (χ4n) is 2.76. The van der Waals surface area contributed by atoms with Crippen LogP contribution in [0.3, 0.4) is 0 Å². The third kappa shape index (κ3) is 1.25. The molecule has 3 rings (SSSR count). The Balaban J connectivity index is 2.36. The Hall–Kier alpha value is -1.48. The number of aromatic hydroxyl groups is 1. The van der Waals surface area contributed by atoms with Crippen molar-refractivity contribution in [3.05, 3.63) is 29.5 Å². The van der Waals surface area contributed by atoms with Crippen molar-refractivity contribution in [2.75, 3.05) is 13.1 Å². The first-order chi connectivity index (χ1) is 7.79. The lowest BCUT2D eigenvalue weighted by Gasteiger charge is -2.04. The Labute approximate surface area is 94.7 Å². The number of phenolic OH excluding ortho intramolecular Hbond substituents is 1. The number of para-hydroxylation sites is 1. The summed E-state index contributed by atoms with van der Waals surface area (Å²) in [6, 6.07) is 5.80. The van der Waals surface area contributed by atoms with Gasteiger partial charge in [0.05, 0.1) is 5.52 Å². The van der Waals surface area contributed by atoms with Crippen LogP contribution >= 0.6 is 0 Å². The maximum atomic E-state index is 9.94. The first-order valence-electron chi connectivity index (χ1n) is 5.78. The molecule has 0 saturated heterocycles. The molecular formula is C13H16N2O. The van der Waals surface area contributed by atoms with Gasteiger partial charge < -0.3 is 15.0 Å². The van der Waals surface area contributed by atoms with Gasteiger partial charge in [-0.2, -0.15) is 0 Å². The molecule has 2 aromatic rings. The summed E-state index contributed by atoms with van der Waals surface area (Å²) in [5.41, 5.74) is 3.74. The minimum Gasteiger partial charge on any atom is -0.506 e. The fraction of sp³-hybridized carbons (Fsp3) is 0.385. The molecule has 0 radical (unpaired) electrons. The lowest BCUT2D eigenvalue weighted by Crippen LogP contribution is -2.16. The Bertz CT molecular complexity index is 542. The largest absolute Gasteiger partial charge is 0.506 e. The average molecular weight is 216 g/mol. The van der Waals surface area contributed by atoms with Gasteiger partial charge in [0.1, 0.15) is 5.75 Å². The lowest BCUT2D eigenvalue weighted by molar-refractivity contribution is 0.478. The van der Waals surface area contributed by atoms with Gasteiger partial charge in [0, 0.05) is 31.1 Å². The number of nitrogens with one attached hydrogen (secondary N) is 1. The molecule has 0 aliphatic carbocycles. The molecule has 1 aliphatic heterocycles. The van der Waals surface area contributed by atoms with Crippen molar-refractivity contribution in [2.24, 2.45) is 7.05 Å². The minimum absolute atomic E-state index is 0.390. The average Bonchev–Trinajstić information content (AvgIpc) is 2.47. The lowest BCUT2D eigenvalue weighted by atomic mass is 10.1. The predicted octanol–water partition coefficient (Wildman–Crippen LogP) is 1.57. The summed E-state index contributed by atoms with van der Waals surface area (Å²) in [4.78, 5) is 0. The van der Waals surface area contributed by atoms with Crippen molar-refractivity contribution in [1.82, 2.24) is 9.88 Å². The number of hydrogen-bond acceptors (Lipinski definition) is 2. The summed E-state index contributed by atoms with van der Waals surface area (Å²) in [5, 5.41) is 14.6. The van der Waals surface area contributed by atoms with Crippen LogP contribution in [0.15, 0.2) is 18.2 Å². The van der Waals surface area contributed by atoms with Crippen molar-refractivity contribution < 1.29 is 5.11 Å². The molecule has 1 aromatic carbocycles. The van der Waals surface area contributed by atoms with E-state index in [2.05, 4.69) is 16.0 Å². The van der Waals surface area contributed by atoms with Crippen LogP contribution in [0.1, 0.15) is 11.3 Å². The van der Waals surface area contributed by atoms with Crippen LogP contribution in [-0.2, 0) is 19.9 Å². The van der Waals surface area contributed by atoms with Crippen molar-refractivity contribution in [2.45, 2.75) is 12.8 Å². The number of hydrogen-bond donors (Lipinski definition) is 2. The molecule has 3 heteroatoms. The molecule has 0 bridgehead atoms. The highest BCUT2D eigenvalue weighted by atomic mass is 16.3. The Kier molecular flexibility index (Phi) is 2.14. The minimum atomic E-state index is 0.390. The SMILES string of the molecule is Cn1c2c(c3cccc(O)c31)CCNCC2. The van der Waals surface area contributed by atoms with E-state index in [4.69, 9.17) is 0 Å². The van der Waals surface area contributed by atoms with E-state index in [9.17, 15) is 5.11 Å². The van der Waals surface area contributed by atoms with E-state index >= 15 is 0 Å². The molecule has 0 atom stereocenters. The third-order valence-electron chi connectivity index (χ3n) is 3.52. The van der Waals surface area contributed by atoms with Crippen LogP contribution < -0.4 is 5.32 Å². The summed E-state index contributed by atoms with van der Waals surface area (Å²) in [6.45, 7) is 2.06. The van der Waals surface area contributed by atoms with E-state index in [1.54, 1.807) is 6.07 Å². The fourth-order valence-corrected chi connectivity index (χ4v) is 2.76. The van der Waals surface area contributed by atoms with Crippen LogP contribution in [0.25, 0.3) is 10.9 Å². The summed E-state index contributed by atoms with van der Waals surface area (Å²) in [6.07, 6.45) is 2.09. The molecular weight excluding hydrogens is 200 g/mol. The number of aryl methyl sites for hydroxylation is 1. The summed E-state index contributed by atoms with van der Waals surface area (Å²) in [7, 11) is 2.05. The van der Waals surface area contributed by atoms with Crippen molar-refractivity contribution in [3.63, 3.8) is 0 Å².